The van der Waals surface area contributed by atoms with Crippen molar-refractivity contribution in [3.63, 3.8) is 0 Å². The normalized spacial score (nSPS) is 29.7. The Kier molecular flexibility index (Phi) is 3.46. The summed E-state index contributed by atoms with van der Waals surface area (Å²) in [6.45, 7) is 9.13. The van der Waals surface area contributed by atoms with Gasteiger partial charge in [0.05, 0.1) is 17.9 Å². The van der Waals surface area contributed by atoms with Crippen LogP contribution in [0.1, 0.15) is 38.8 Å². The maximum Gasteiger partial charge on any atom is 0.236 e. The maximum atomic E-state index is 13.2. The van der Waals surface area contributed by atoms with E-state index in [-0.39, 0.29) is 23.6 Å². The Balaban J connectivity index is 1.86. The number of rotatable bonds is 1. The minimum Gasteiger partial charge on any atom is -0.353 e. The van der Waals surface area contributed by atoms with Crippen molar-refractivity contribution >= 4 is 29.4 Å². The van der Waals surface area contributed by atoms with Gasteiger partial charge in [0.25, 0.3) is 0 Å². The molecule has 1 aromatic rings. The molecule has 2 saturated heterocycles. The van der Waals surface area contributed by atoms with Gasteiger partial charge in [-0.05, 0) is 52.3 Å². The molecule has 3 heterocycles. The SMILES string of the molecule is CC(=O)[C@@H]1[C@@H]2C(=O)N(C(C)(C)C)C(=O)[C@@H]2[C@@H]2C=Cc3cc(C)ccc3N12. The molecule has 26 heavy (non-hydrogen) atoms. The standard InChI is InChI=1S/C21H24N2O3/c1-11-6-8-14-13(10-11)7-9-15-16-17(18(12(2)24)22(14)15)20(26)23(19(16)25)21(3,4)5/h6-10,15-18H,1-5H3/t15-,16+,17+,18+/m0/s1. The van der Waals surface area contributed by atoms with Crippen LogP contribution in [0.15, 0.2) is 24.3 Å². The van der Waals surface area contributed by atoms with Crippen molar-refractivity contribution in [2.24, 2.45) is 11.8 Å². The lowest BCUT2D eigenvalue weighted by Crippen LogP contribution is -2.52. The average molecular weight is 352 g/mol. The predicted octanol–water partition coefficient (Wildman–Crippen LogP) is 2.57. The molecule has 0 radical (unpaired) electrons. The van der Waals surface area contributed by atoms with Crippen LogP contribution in [0.25, 0.3) is 6.08 Å². The Bertz CT molecular complexity index is 864. The minimum absolute atomic E-state index is 0.0683. The van der Waals surface area contributed by atoms with Crippen molar-refractivity contribution in [2.75, 3.05) is 4.90 Å². The van der Waals surface area contributed by atoms with E-state index in [0.29, 0.717) is 0 Å². The number of carbonyl (C=O) groups is 3. The van der Waals surface area contributed by atoms with Crippen LogP contribution < -0.4 is 4.90 Å². The van der Waals surface area contributed by atoms with Crippen LogP contribution in [0.2, 0.25) is 0 Å². The largest absolute Gasteiger partial charge is 0.353 e. The van der Waals surface area contributed by atoms with Crippen molar-refractivity contribution in [3.05, 3.63) is 35.4 Å². The lowest BCUT2D eigenvalue weighted by Gasteiger charge is -2.38. The Morgan fingerprint density at radius 1 is 1.08 bits per heavy atom. The average Bonchev–Trinajstić information content (AvgIpc) is 3.00. The third kappa shape index (κ3) is 2.12. The Morgan fingerprint density at radius 3 is 2.35 bits per heavy atom. The molecule has 0 aliphatic carbocycles. The van der Waals surface area contributed by atoms with Crippen LogP contribution in [0, 0.1) is 18.8 Å². The van der Waals surface area contributed by atoms with Crippen molar-refractivity contribution in [2.45, 2.75) is 52.2 Å². The summed E-state index contributed by atoms with van der Waals surface area (Å²) in [6.07, 6.45) is 4.00. The number of hydrogen-bond acceptors (Lipinski definition) is 4. The number of nitrogens with zero attached hydrogens (tertiary/aromatic N) is 2. The summed E-state index contributed by atoms with van der Waals surface area (Å²) in [7, 11) is 0. The molecule has 0 aromatic heterocycles. The molecule has 0 N–H and O–H groups in total. The van der Waals surface area contributed by atoms with E-state index in [2.05, 4.69) is 6.07 Å². The number of carbonyl (C=O) groups excluding carboxylic acids is 3. The molecule has 136 valence electrons. The Hall–Kier alpha value is -2.43. The van der Waals surface area contributed by atoms with E-state index in [1.807, 2.05) is 56.9 Å². The number of ketones is 1. The van der Waals surface area contributed by atoms with E-state index >= 15 is 0 Å². The number of hydrogen-bond donors (Lipinski definition) is 0. The fourth-order valence-corrected chi connectivity index (χ4v) is 4.81. The molecule has 0 unspecified atom stereocenters. The number of fused-ring (bicyclic) bond motifs is 5. The van der Waals surface area contributed by atoms with Gasteiger partial charge in [-0.3, -0.25) is 19.3 Å². The van der Waals surface area contributed by atoms with E-state index in [1.165, 1.54) is 11.8 Å². The lowest BCUT2D eigenvalue weighted by atomic mass is 9.88. The minimum atomic E-state index is -0.610. The van der Waals surface area contributed by atoms with E-state index in [9.17, 15) is 14.4 Å². The molecule has 0 bridgehead atoms. The number of benzene rings is 1. The van der Waals surface area contributed by atoms with Crippen LogP contribution in [0.4, 0.5) is 5.69 Å². The molecule has 1 aromatic carbocycles. The quantitative estimate of drug-likeness (QED) is 0.729. The molecule has 3 aliphatic heterocycles. The number of aryl methyl sites for hydroxylation is 1. The molecule has 2 amide bonds. The van der Waals surface area contributed by atoms with Gasteiger partial charge < -0.3 is 4.90 Å². The second kappa shape index (κ2) is 5.29. The third-order valence-electron chi connectivity index (χ3n) is 5.75. The highest BCUT2D eigenvalue weighted by Crippen LogP contribution is 2.49. The smallest absolute Gasteiger partial charge is 0.236 e. The summed E-state index contributed by atoms with van der Waals surface area (Å²) in [5, 5.41) is 0. The zero-order chi connectivity index (χ0) is 19.0. The Labute approximate surface area is 153 Å². The van der Waals surface area contributed by atoms with E-state index in [1.54, 1.807) is 0 Å². The van der Waals surface area contributed by atoms with Crippen molar-refractivity contribution < 1.29 is 14.4 Å². The highest BCUT2D eigenvalue weighted by atomic mass is 16.2. The van der Waals surface area contributed by atoms with Crippen LogP contribution in [0.5, 0.6) is 0 Å². The second-order valence-electron chi connectivity index (χ2n) is 8.61. The third-order valence-corrected chi connectivity index (χ3v) is 5.75. The summed E-state index contributed by atoms with van der Waals surface area (Å²) < 4.78 is 0. The number of amides is 2. The molecule has 3 aliphatic rings. The van der Waals surface area contributed by atoms with Crippen molar-refractivity contribution in [1.29, 1.82) is 0 Å². The zero-order valence-corrected chi connectivity index (χ0v) is 15.8. The molecule has 2 fully saturated rings. The molecular weight excluding hydrogens is 328 g/mol. The number of Topliss-reactive ketones (excluding diaryl/α,β-unsaturated/α-hetero) is 1. The van der Waals surface area contributed by atoms with Gasteiger partial charge in [0.15, 0.2) is 5.78 Å². The van der Waals surface area contributed by atoms with Crippen molar-refractivity contribution in [3.8, 4) is 0 Å². The van der Waals surface area contributed by atoms with Crippen LogP contribution in [-0.4, -0.2) is 40.1 Å². The lowest BCUT2D eigenvalue weighted by molar-refractivity contribution is -0.146. The molecule has 4 atom stereocenters. The molecule has 4 rings (SSSR count). The summed E-state index contributed by atoms with van der Waals surface area (Å²) in [5.41, 5.74) is 2.51. The molecule has 5 nitrogen and oxygen atoms in total. The first-order valence-corrected chi connectivity index (χ1v) is 9.08. The fourth-order valence-electron chi connectivity index (χ4n) is 4.81. The number of anilines is 1. The monoisotopic (exact) mass is 352 g/mol. The summed E-state index contributed by atoms with van der Waals surface area (Å²) in [6, 6.07) is 5.21. The Morgan fingerprint density at radius 2 is 1.73 bits per heavy atom. The van der Waals surface area contributed by atoms with E-state index < -0.39 is 23.4 Å². The van der Waals surface area contributed by atoms with E-state index in [4.69, 9.17) is 0 Å². The predicted molar refractivity (Wildman–Crippen MR) is 99.5 cm³/mol. The second-order valence-corrected chi connectivity index (χ2v) is 8.61. The maximum absolute atomic E-state index is 13.2. The number of likely N-dealkylation sites (tertiary alicyclic amines) is 1. The summed E-state index contributed by atoms with van der Waals surface area (Å²) in [5.74, 6) is -1.56. The van der Waals surface area contributed by atoms with Crippen LogP contribution in [-0.2, 0) is 14.4 Å². The van der Waals surface area contributed by atoms with Gasteiger partial charge in [0, 0.05) is 11.2 Å². The van der Waals surface area contributed by atoms with Gasteiger partial charge in [-0.15, -0.1) is 0 Å². The fraction of sp³-hybridized carbons (Fsp3) is 0.476. The zero-order valence-electron chi connectivity index (χ0n) is 15.8. The summed E-state index contributed by atoms with van der Waals surface area (Å²) >= 11 is 0. The molecule has 0 saturated carbocycles. The highest BCUT2D eigenvalue weighted by molar-refractivity contribution is 6.11. The van der Waals surface area contributed by atoms with Gasteiger partial charge >= 0.3 is 0 Å². The van der Waals surface area contributed by atoms with Gasteiger partial charge in [-0.2, -0.15) is 0 Å². The van der Waals surface area contributed by atoms with E-state index in [0.717, 1.165) is 16.8 Å². The molecular formula is C21H24N2O3. The highest BCUT2D eigenvalue weighted by Gasteiger charge is 2.64. The first kappa shape index (κ1) is 17.0. The number of imide groups is 1. The molecule has 5 heteroatoms. The van der Waals surface area contributed by atoms with Gasteiger partial charge in [-0.25, -0.2) is 0 Å². The first-order valence-electron chi connectivity index (χ1n) is 9.08. The molecule has 0 spiro atoms. The van der Waals surface area contributed by atoms with Gasteiger partial charge in [0.2, 0.25) is 11.8 Å². The first-order chi connectivity index (χ1) is 12.1. The van der Waals surface area contributed by atoms with Crippen LogP contribution >= 0.6 is 0 Å². The van der Waals surface area contributed by atoms with Crippen molar-refractivity contribution in [1.82, 2.24) is 4.90 Å². The van der Waals surface area contributed by atoms with Gasteiger partial charge in [-0.1, -0.05) is 23.8 Å². The van der Waals surface area contributed by atoms with Crippen LogP contribution in [0.3, 0.4) is 0 Å². The topological polar surface area (TPSA) is 57.7 Å². The van der Waals surface area contributed by atoms with Gasteiger partial charge in [0.1, 0.15) is 6.04 Å². The summed E-state index contributed by atoms with van der Waals surface area (Å²) in [4.78, 5) is 42.3.